The first-order valence-corrected chi connectivity index (χ1v) is 8.41. The number of esters is 1. The summed E-state index contributed by atoms with van der Waals surface area (Å²) < 4.78 is 5.16. The number of carbonyl (C=O) groups is 2. The molecule has 0 fully saturated rings. The van der Waals surface area contributed by atoms with E-state index in [4.69, 9.17) is 10.5 Å². The summed E-state index contributed by atoms with van der Waals surface area (Å²) in [7, 11) is 0. The molecule has 0 aromatic heterocycles. The lowest BCUT2D eigenvalue weighted by molar-refractivity contribution is -0.146. The lowest BCUT2D eigenvalue weighted by atomic mass is 10.1. The Balaban J connectivity index is 1.41. The van der Waals surface area contributed by atoms with Gasteiger partial charge in [-0.1, -0.05) is 66.7 Å². The van der Waals surface area contributed by atoms with E-state index >= 15 is 0 Å². The van der Waals surface area contributed by atoms with Crippen LogP contribution in [0.25, 0.3) is 6.08 Å². The fourth-order valence-corrected chi connectivity index (χ4v) is 2.69. The third kappa shape index (κ3) is 4.49. The quantitative estimate of drug-likeness (QED) is 0.695. The molecule has 6 nitrogen and oxygen atoms in total. The van der Waals surface area contributed by atoms with Gasteiger partial charge >= 0.3 is 12.0 Å². The highest BCUT2D eigenvalue weighted by atomic mass is 16.5. The first-order valence-electron chi connectivity index (χ1n) is 8.41. The first kappa shape index (κ1) is 17.7. The highest BCUT2D eigenvalue weighted by Gasteiger charge is 2.20. The number of rotatable bonds is 6. The summed E-state index contributed by atoms with van der Waals surface area (Å²) in [6.45, 7) is 0.154. The van der Waals surface area contributed by atoms with E-state index in [0.717, 1.165) is 16.7 Å². The molecule has 2 atom stereocenters. The third-order valence-corrected chi connectivity index (χ3v) is 4.10. The van der Waals surface area contributed by atoms with Gasteiger partial charge in [-0.2, -0.15) is 0 Å². The Bertz CT molecular complexity index is 805. The van der Waals surface area contributed by atoms with Crippen molar-refractivity contribution in [2.24, 2.45) is 5.73 Å². The Kier molecular flexibility index (Phi) is 5.66. The van der Waals surface area contributed by atoms with Gasteiger partial charge in [0, 0.05) is 6.54 Å². The average Bonchev–Trinajstić information content (AvgIpc) is 3.08. The van der Waals surface area contributed by atoms with Crippen molar-refractivity contribution in [2.45, 2.75) is 18.7 Å². The molecule has 26 heavy (non-hydrogen) atoms. The number of carbonyl (C=O) groups excluding carboxylic acids is 2. The number of ether oxygens (including phenoxy) is 1. The van der Waals surface area contributed by atoms with E-state index in [0.29, 0.717) is 0 Å². The summed E-state index contributed by atoms with van der Waals surface area (Å²) in [4.78, 5) is 24.0. The molecule has 0 spiro atoms. The van der Waals surface area contributed by atoms with E-state index in [9.17, 15) is 9.59 Å². The van der Waals surface area contributed by atoms with Gasteiger partial charge < -0.3 is 21.1 Å². The van der Waals surface area contributed by atoms with Crippen LogP contribution in [0.2, 0.25) is 0 Å². The monoisotopic (exact) mass is 351 g/mol. The number of hydrogen-bond donors (Lipinski definition) is 3. The Morgan fingerprint density at radius 3 is 2.62 bits per heavy atom. The number of nitrogens with one attached hydrogen (secondary N) is 2. The van der Waals surface area contributed by atoms with Crippen molar-refractivity contribution >= 4 is 18.1 Å². The second kappa shape index (κ2) is 8.31. The van der Waals surface area contributed by atoms with E-state index in [1.807, 2.05) is 66.7 Å². The molecular weight excluding hydrogens is 330 g/mol. The molecule has 0 radical (unpaired) electrons. The highest BCUT2D eigenvalue weighted by Crippen LogP contribution is 2.27. The van der Waals surface area contributed by atoms with Gasteiger partial charge in [0.05, 0.1) is 6.04 Å². The fourth-order valence-electron chi connectivity index (χ4n) is 2.69. The van der Waals surface area contributed by atoms with Gasteiger partial charge in [0.25, 0.3) is 0 Å². The lowest BCUT2D eigenvalue weighted by Gasteiger charge is -2.16. The molecule has 2 aromatic rings. The third-order valence-electron chi connectivity index (χ3n) is 4.10. The maximum Gasteiger partial charge on any atom is 0.325 e. The average molecular weight is 351 g/mol. The molecule has 0 unspecified atom stereocenters. The van der Waals surface area contributed by atoms with Crippen LogP contribution in [0, 0.1) is 0 Å². The molecule has 0 bridgehead atoms. The van der Waals surface area contributed by atoms with Gasteiger partial charge in [-0.05, 0) is 16.7 Å². The maximum atomic E-state index is 12.1. The Morgan fingerprint density at radius 2 is 1.81 bits per heavy atom. The molecule has 2 aromatic carbocycles. The van der Waals surface area contributed by atoms with Crippen molar-refractivity contribution < 1.29 is 14.3 Å². The zero-order valence-electron chi connectivity index (χ0n) is 14.2. The smallest absolute Gasteiger partial charge is 0.325 e. The molecular formula is C20H21N3O3. The second-order valence-electron chi connectivity index (χ2n) is 6.02. The van der Waals surface area contributed by atoms with Crippen molar-refractivity contribution in [3.8, 4) is 0 Å². The van der Waals surface area contributed by atoms with Crippen molar-refractivity contribution in [3.05, 3.63) is 77.4 Å². The van der Waals surface area contributed by atoms with Crippen LogP contribution in [0.4, 0.5) is 4.79 Å². The van der Waals surface area contributed by atoms with Crippen LogP contribution >= 0.6 is 0 Å². The van der Waals surface area contributed by atoms with Crippen LogP contribution in [0.5, 0.6) is 0 Å². The molecule has 134 valence electrons. The predicted molar refractivity (Wildman–Crippen MR) is 99.0 cm³/mol. The minimum absolute atomic E-state index is 0.00244. The molecule has 0 saturated heterocycles. The molecule has 2 amide bonds. The van der Waals surface area contributed by atoms with E-state index in [2.05, 4.69) is 10.6 Å². The Labute approximate surface area is 152 Å². The molecule has 1 aliphatic carbocycles. The van der Waals surface area contributed by atoms with E-state index in [1.54, 1.807) is 0 Å². The van der Waals surface area contributed by atoms with E-state index in [-0.39, 0.29) is 25.2 Å². The van der Waals surface area contributed by atoms with E-state index < -0.39 is 12.0 Å². The van der Waals surface area contributed by atoms with Gasteiger partial charge in [-0.25, -0.2) is 4.79 Å². The van der Waals surface area contributed by atoms with Gasteiger partial charge in [0.15, 0.2) is 0 Å². The molecule has 0 aliphatic heterocycles. The van der Waals surface area contributed by atoms with Crippen molar-refractivity contribution in [3.63, 3.8) is 0 Å². The van der Waals surface area contributed by atoms with Crippen LogP contribution in [0.15, 0.2) is 60.7 Å². The molecule has 0 saturated carbocycles. The van der Waals surface area contributed by atoms with Crippen molar-refractivity contribution in [2.75, 3.05) is 6.54 Å². The van der Waals surface area contributed by atoms with Gasteiger partial charge in [-0.3, -0.25) is 4.79 Å². The normalized spacial score (nSPS) is 15.8. The fraction of sp³-hybridized carbons (Fsp3) is 0.200. The minimum Gasteiger partial charge on any atom is -0.460 e. The Morgan fingerprint density at radius 1 is 1.08 bits per heavy atom. The van der Waals surface area contributed by atoms with Gasteiger partial charge in [0.1, 0.15) is 12.6 Å². The number of fused-ring (bicyclic) bond motifs is 1. The first-order chi connectivity index (χ1) is 12.6. The Hall–Kier alpha value is -3.12. The van der Waals surface area contributed by atoms with Crippen LogP contribution < -0.4 is 16.4 Å². The van der Waals surface area contributed by atoms with Crippen LogP contribution in [0.3, 0.4) is 0 Å². The lowest BCUT2D eigenvalue weighted by Crippen LogP contribution is -2.46. The van der Waals surface area contributed by atoms with Crippen molar-refractivity contribution in [1.82, 2.24) is 10.6 Å². The number of amides is 2. The van der Waals surface area contributed by atoms with E-state index in [1.165, 1.54) is 0 Å². The topological polar surface area (TPSA) is 93.5 Å². The number of nitrogens with two attached hydrogens (primary N) is 1. The molecule has 1 aliphatic rings. The van der Waals surface area contributed by atoms with Crippen LogP contribution in [-0.2, 0) is 16.1 Å². The largest absolute Gasteiger partial charge is 0.460 e. The number of urea groups is 1. The van der Waals surface area contributed by atoms with Gasteiger partial charge in [-0.15, -0.1) is 0 Å². The summed E-state index contributed by atoms with van der Waals surface area (Å²) in [5.74, 6) is -0.555. The summed E-state index contributed by atoms with van der Waals surface area (Å²) in [6.07, 6.45) is 3.88. The number of benzene rings is 2. The van der Waals surface area contributed by atoms with Crippen molar-refractivity contribution in [1.29, 1.82) is 0 Å². The maximum absolute atomic E-state index is 12.1. The zero-order valence-corrected chi connectivity index (χ0v) is 14.2. The number of hydrogen-bond acceptors (Lipinski definition) is 4. The summed E-state index contributed by atoms with van der Waals surface area (Å²) in [5.41, 5.74) is 8.78. The minimum atomic E-state index is -0.920. The molecule has 6 heteroatoms. The SMILES string of the molecule is N[C@@H](CNC(=O)N[C@@H]1C=Cc2ccccc21)C(=O)OCc1ccccc1. The highest BCUT2D eigenvalue weighted by molar-refractivity contribution is 5.79. The molecule has 0 heterocycles. The molecule has 4 N–H and O–H groups in total. The van der Waals surface area contributed by atoms with Crippen LogP contribution in [-0.4, -0.2) is 24.6 Å². The second-order valence-corrected chi connectivity index (χ2v) is 6.02. The summed E-state index contributed by atoms with van der Waals surface area (Å²) >= 11 is 0. The van der Waals surface area contributed by atoms with Gasteiger partial charge in [0.2, 0.25) is 0 Å². The predicted octanol–water partition coefficient (Wildman–Crippen LogP) is 2.12. The molecule has 3 rings (SSSR count). The van der Waals surface area contributed by atoms with Crippen LogP contribution in [0.1, 0.15) is 22.7 Å². The summed E-state index contributed by atoms with van der Waals surface area (Å²) in [5, 5.41) is 5.45. The standard InChI is InChI=1S/C20H21N3O3/c21-17(19(24)26-13-14-6-2-1-3-7-14)12-22-20(25)23-18-11-10-15-8-4-5-9-16(15)18/h1-11,17-18H,12-13,21H2,(H2,22,23,25)/t17-,18+/m0/s1. The zero-order chi connectivity index (χ0) is 18.4. The summed E-state index contributed by atoms with van der Waals surface area (Å²) in [6, 6.07) is 15.7.